The Morgan fingerprint density at radius 1 is 1.13 bits per heavy atom. The van der Waals surface area contributed by atoms with E-state index in [1.165, 1.54) is 12.1 Å². The Balaban J connectivity index is 1.69. The van der Waals surface area contributed by atoms with Gasteiger partial charge in [-0.3, -0.25) is 4.79 Å². The third-order valence-corrected chi connectivity index (χ3v) is 5.72. The smallest absolute Gasteiger partial charge is 0.329 e. The van der Waals surface area contributed by atoms with Crippen LogP contribution in [0.2, 0.25) is 5.02 Å². The van der Waals surface area contributed by atoms with Gasteiger partial charge in [0.25, 0.3) is 5.91 Å². The van der Waals surface area contributed by atoms with Gasteiger partial charge in [-0.05, 0) is 42.8 Å². The van der Waals surface area contributed by atoms with Crippen molar-refractivity contribution in [1.29, 1.82) is 0 Å². The maximum absolute atomic E-state index is 14.2. The molecule has 1 fully saturated rings. The zero-order chi connectivity index (χ0) is 21.3. The summed E-state index contributed by atoms with van der Waals surface area (Å²) in [6.07, 6.45) is 1.51. The second-order valence-corrected chi connectivity index (χ2v) is 7.82. The Morgan fingerprint density at radius 2 is 1.90 bits per heavy atom. The van der Waals surface area contributed by atoms with E-state index in [2.05, 4.69) is 5.32 Å². The average Bonchev–Trinajstić information content (AvgIpc) is 2.69. The Morgan fingerprint density at radius 3 is 2.57 bits per heavy atom. The Kier molecular flexibility index (Phi) is 5.35. The summed E-state index contributed by atoms with van der Waals surface area (Å²) in [5, 5.41) is 14.0. The van der Waals surface area contributed by atoms with Gasteiger partial charge in [0.1, 0.15) is 23.7 Å². The van der Waals surface area contributed by atoms with Crippen LogP contribution in [-0.2, 0) is 11.4 Å². The molecule has 1 saturated carbocycles. The van der Waals surface area contributed by atoms with Crippen molar-refractivity contribution >= 4 is 34.2 Å². The lowest BCUT2D eigenvalue weighted by Crippen LogP contribution is -2.59. The van der Waals surface area contributed by atoms with E-state index in [0.717, 1.165) is 11.8 Å². The summed E-state index contributed by atoms with van der Waals surface area (Å²) < 4.78 is 20.1. The van der Waals surface area contributed by atoms with Crippen LogP contribution in [0.3, 0.4) is 0 Å². The van der Waals surface area contributed by atoms with Crippen molar-refractivity contribution in [2.24, 2.45) is 0 Å². The van der Waals surface area contributed by atoms with Gasteiger partial charge in [0.05, 0.1) is 5.56 Å². The SMILES string of the molecule is O=C(NC1(C(=O)O)CCC1)c1ccc2ccccc2c1OCc1ccc(Cl)cc1F. The number of hydrogen-bond donors (Lipinski definition) is 2. The zero-order valence-electron chi connectivity index (χ0n) is 16.0. The minimum atomic E-state index is -1.25. The van der Waals surface area contributed by atoms with Crippen LogP contribution in [0.1, 0.15) is 35.2 Å². The maximum atomic E-state index is 14.2. The molecule has 2 N–H and O–H groups in total. The van der Waals surface area contributed by atoms with Crippen molar-refractivity contribution in [3.63, 3.8) is 0 Å². The molecule has 0 aromatic heterocycles. The second kappa shape index (κ2) is 7.95. The van der Waals surface area contributed by atoms with Gasteiger partial charge in [0, 0.05) is 16.0 Å². The Labute approximate surface area is 177 Å². The summed E-state index contributed by atoms with van der Waals surface area (Å²) in [5.41, 5.74) is -0.752. The molecule has 1 amide bonds. The molecule has 0 atom stereocenters. The van der Waals surface area contributed by atoms with Crippen molar-refractivity contribution in [1.82, 2.24) is 5.32 Å². The normalized spacial score (nSPS) is 14.7. The maximum Gasteiger partial charge on any atom is 0.329 e. The fourth-order valence-electron chi connectivity index (χ4n) is 3.57. The fourth-order valence-corrected chi connectivity index (χ4v) is 3.73. The van der Waals surface area contributed by atoms with Crippen LogP contribution in [0.25, 0.3) is 10.8 Å². The van der Waals surface area contributed by atoms with E-state index in [-0.39, 0.29) is 22.9 Å². The van der Waals surface area contributed by atoms with Crippen LogP contribution in [0.5, 0.6) is 5.75 Å². The number of nitrogens with one attached hydrogen (secondary N) is 1. The van der Waals surface area contributed by atoms with E-state index in [9.17, 15) is 19.1 Å². The highest BCUT2D eigenvalue weighted by Gasteiger charge is 2.46. The molecule has 5 nitrogen and oxygen atoms in total. The summed E-state index contributed by atoms with van der Waals surface area (Å²) in [7, 11) is 0. The first-order valence-corrected chi connectivity index (χ1v) is 9.92. The molecule has 0 unspecified atom stereocenters. The van der Waals surface area contributed by atoms with E-state index < -0.39 is 23.2 Å². The van der Waals surface area contributed by atoms with Crippen LogP contribution in [-0.4, -0.2) is 22.5 Å². The number of halogens is 2. The van der Waals surface area contributed by atoms with E-state index in [0.29, 0.717) is 23.8 Å². The van der Waals surface area contributed by atoms with Gasteiger partial charge in [-0.15, -0.1) is 0 Å². The number of carboxylic acid groups (broad SMARTS) is 1. The van der Waals surface area contributed by atoms with Crippen LogP contribution in [0.4, 0.5) is 4.39 Å². The molecule has 0 bridgehead atoms. The first kappa shape index (κ1) is 20.2. The fraction of sp³-hybridized carbons (Fsp3) is 0.217. The van der Waals surface area contributed by atoms with Gasteiger partial charge >= 0.3 is 5.97 Å². The van der Waals surface area contributed by atoms with Crippen LogP contribution < -0.4 is 10.1 Å². The predicted molar refractivity (Wildman–Crippen MR) is 111 cm³/mol. The Bertz CT molecular complexity index is 1140. The lowest BCUT2D eigenvalue weighted by molar-refractivity contribution is -0.148. The van der Waals surface area contributed by atoms with Crippen molar-refractivity contribution in [2.45, 2.75) is 31.4 Å². The number of carboxylic acids is 1. The Hall–Kier alpha value is -3.12. The highest BCUT2D eigenvalue weighted by molar-refractivity contribution is 6.30. The molecular formula is C23H19ClFNO4. The lowest BCUT2D eigenvalue weighted by Gasteiger charge is -2.38. The van der Waals surface area contributed by atoms with E-state index in [4.69, 9.17) is 16.3 Å². The molecule has 30 heavy (non-hydrogen) atoms. The molecule has 3 aromatic rings. The van der Waals surface area contributed by atoms with Crippen LogP contribution in [0, 0.1) is 5.82 Å². The topological polar surface area (TPSA) is 75.6 Å². The molecule has 0 heterocycles. The summed E-state index contributed by atoms with van der Waals surface area (Å²) in [6, 6.07) is 15.0. The van der Waals surface area contributed by atoms with E-state index >= 15 is 0 Å². The second-order valence-electron chi connectivity index (χ2n) is 7.38. The van der Waals surface area contributed by atoms with Crippen molar-refractivity contribution in [3.05, 3.63) is 76.6 Å². The van der Waals surface area contributed by atoms with Gasteiger partial charge < -0.3 is 15.2 Å². The monoisotopic (exact) mass is 427 g/mol. The minimum absolute atomic E-state index is 0.110. The molecule has 1 aliphatic carbocycles. The third-order valence-electron chi connectivity index (χ3n) is 5.48. The molecular weight excluding hydrogens is 409 g/mol. The molecule has 0 spiro atoms. The minimum Gasteiger partial charge on any atom is -0.487 e. The number of rotatable bonds is 6. The first-order chi connectivity index (χ1) is 14.4. The highest BCUT2D eigenvalue weighted by atomic mass is 35.5. The molecule has 7 heteroatoms. The molecule has 0 radical (unpaired) electrons. The van der Waals surface area contributed by atoms with Gasteiger partial charge in [-0.25, -0.2) is 9.18 Å². The molecule has 154 valence electrons. The number of carbonyl (C=O) groups is 2. The van der Waals surface area contributed by atoms with Crippen molar-refractivity contribution < 1.29 is 23.8 Å². The molecule has 4 rings (SSSR count). The number of benzene rings is 3. The number of hydrogen-bond acceptors (Lipinski definition) is 3. The van der Waals surface area contributed by atoms with Gasteiger partial charge in [0.2, 0.25) is 0 Å². The van der Waals surface area contributed by atoms with Crippen molar-refractivity contribution in [3.8, 4) is 5.75 Å². The number of aliphatic carboxylic acids is 1. The molecule has 1 aliphatic rings. The number of carbonyl (C=O) groups excluding carboxylic acids is 1. The van der Waals surface area contributed by atoms with Crippen LogP contribution in [0.15, 0.2) is 54.6 Å². The summed E-state index contributed by atoms with van der Waals surface area (Å²) >= 11 is 5.80. The number of ether oxygens (including phenoxy) is 1. The number of amides is 1. The van der Waals surface area contributed by atoms with E-state index in [1.807, 2.05) is 18.2 Å². The van der Waals surface area contributed by atoms with Crippen molar-refractivity contribution in [2.75, 3.05) is 0 Å². The largest absolute Gasteiger partial charge is 0.487 e. The van der Waals surface area contributed by atoms with Crippen LogP contribution >= 0.6 is 11.6 Å². The molecule has 0 aliphatic heterocycles. The molecule has 3 aromatic carbocycles. The number of fused-ring (bicyclic) bond motifs is 1. The molecule has 0 saturated heterocycles. The van der Waals surface area contributed by atoms with Gasteiger partial charge in [0.15, 0.2) is 0 Å². The average molecular weight is 428 g/mol. The summed E-state index contributed by atoms with van der Waals surface area (Å²) in [4.78, 5) is 24.6. The van der Waals surface area contributed by atoms with Gasteiger partial charge in [-0.1, -0.05) is 48.0 Å². The highest BCUT2D eigenvalue weighted by Crippen LogP contribution is 2.35. The first-order valence-electron chi connectivity index (χ1n) is 9.54. The van der Waals surface area contributed by atoms with Gasteiger partial charge in [-0.2, -0.15) is 0 Å². The standard InChI is InChI=1S/C23H19ClFNO4/c24-16-8-6-15(19(25)12-16)13-30-20-17-5-2-1-4-14(17)7-9-18(20)21(27)26-23(22(28)29)10-3-11-23/h1-2,4-9,12H,3,10-11,13H2,(H,26,27)(H,28,29). The quantitative estimate of drug-likeness (QED) is 0.583. The zero-order valence-corrected chi connectivity index (χ0v) is 16.7. The third kappa shape index (κ3) is 3.71. The summed E-state index contributed by atoms with van der Waals surface area (Å²) in [5.74, 6) is -1.81. The summed E-state index contributed by atoms with van der Waals surface area (Å²) in [6.45, 7) is -0.110. The van der Waals surface area contributed by atoms with E-state index in [1.54, 1.807) is 24.3 Å². The predicted octanol–water partition coefficient (Wildman–Crippen LogP) is 4.95. The lowest BCUT2D eigenvalue weighted by atomic mass is 9.76.